The summed E-state index contributed by atoms with van der Waals surface area (Å²) in [7, 11) is 1.78. The fraction of sp³-hybridized carbons (Fsp3) is 0.474. The van der Waals surface area contributed by atoms with E-state index in [4.69, 9.17) is 4.74 Å². The lowest BCUT2D eigenvalue weighted by Gasteiger charge is -2.36. The van der Waals surface area contributed by atoms with Gasteiger partial charge < -0.3 is 9.64 Å². The molecular formula is C19H21F3N4O2. The number of carbonyl (C=O) groups is 1. The number of ether oxygens (including phenoxy) is 1. The lowest BCUT2D eigenvalue weighted by Crippen LogP contribution is -2.48. The van der Waals surface area contributed by atoms with Gasteiger partial charge in [0.25, 0.3) is 0 Å². The number of anilines is 1. The second-order valence-corrected chi connectivity index (χ2v) is 7.11. The number of aromatic nitrogens is 2. The molecule has 1 aromatic carbocycles. The molecule has 0 aliphatic carbocycles. The van der Waals surface area contributed by atoms with Gasteiger partial charge in [-0.15, -0.1) is 0 Å². The van der Waals surface area contributed by atoms with Gasteiger partial charge in [0.1, 0.15) is 0 Å². The molecule has 0 spiro atoms. The highest BCUT2D eigenvalue weighted by molar-refractivity contribution is 5.99. The summed E-state index contributed by atoms with van der Waals surface area (Å²) < 4.78 is 47.4. The number of hydrogen-bond acceptors (Lipinski definition) is 4. The average Bonchev–Trinajstić information content (AvgIpc) is 3.26. The van der Waals surface area contributed by atoms with E-state index >= 15 is 0 Å². The van der Waals surface area contributed by atoms with Crippen molar-refractivity contribution in [1.29, 1.82) is 0 Å². The maximum atomic E-state index is 13.4. The van der Waals surface area contributed by atoms with Crippen molar-refractivity contribution in [2.75, 3.05) is 31.1 Å². The Morgan fingerprint density at radius 3 is 2.71 bits per heavy atom. The molecule has 2 atom stereocenters. The van der Waals surface area contributed by atoms with Crippen LogP contribution in [0.2, 0.25) is 0 Å². The van der Waals surface area contributed by atoms with E-state index in [0.717, 1.165) is 11.8 Å². The molecule has 9 heteroatoms. The molecule has 1 aromatic heterocycles. The minimum atomic E-state index is -4.44. The van der Waals surface area contributed by atoms with Crippen molar-refractivity contribution < 1.29 is 22.7 Å². The first-order valence-electron chi connectivity index (χ1n) is 9.16. The lowest BCUT2D eigenvalue weighted by atomic mass is 9.99. The normalized spacial score (nSPS) is 24.1. The van der Waals surface area contributed by atoms with E-state index in [0.29, 0.717) is 19.5 Å². The Bertz CT molecular complexity index is 867. The van der Waals surface area contributed by atoms with E-state index in [1.54, 1.807) is 35.1 Å². The van der Waals surface area contributed by atoms with Crippen LogP contribution in [0.5, 0.6) is 0 Å². The van der Waals surface area contributed by atoms with Gasteiger partial charge in [-0.25, -0.2) is 0 Å². The van der Waals surface area contributed by atoms with Gasteiger partial charge in [-0.3, -0.25) is 14.4 Å². The van der Waals surface area contributed by atoms with E-state index < -0.39 is 17.8 Å². The number of alkyl halides is 3. The number of halogens is 3. The third-order valence-corrected chi connectivity index (χ3v) is 5.33. The molecule has 0 saturated carbocycles. The first-order chi connectivity index (χ1) is 13.3. The fourth-order valence-electron chi connectivity index (χ4n) is 3.98. The lowest BCUT2D eigenvalue weighted by molar-refractivity contribution is -0.141. The molecule has 2 unspecified atom stereocenters. The molecule has 2 aliphatic rings. The number of rotatable bonds is 3. The third kappa shape index (κ3) is 3.51. The monoisotopic (exact) mass is 394 g/mol. The first kappa shape index (κ1) is 18.9. The highest BCUT2D eigenvalue weighted by Crippen LogP contribution is 2.37. The number of nitrogens with zero attached hydrogens (tertiary/aromatic N) is 4. The predicted octanol–water partition coefficient (Wildman–Crippen LogP) is 2.62. The Hall–Kier alpha value is -2.39. The first-order valence-corrected chi connectivity index (χ1v) is 9.16. The van der Waals surface area contributed by atoms with Crippen molar-refractivity contribution in [3.63, 3.8) is 0 Å². The van der Waals surface area contributed by atoms with E-state index in [-0.39, 0.29) is 30.7 Å². The maximum absolute atomic E-state index is 13.4. The minimum Gasteiger partial charge on any atom is -0.371 e. The minimum absolute atomic E-state index is 0.0437. The number of benzene rings is 1. The van der Waals surface area contributed by atoms with Crippen molar-refractivity contribution in [2.24, 2.45) is 7.05 Å². The quantitative estimate of drug-likeness (QED) is 0.803. The number of carbonyl (C=O) groups excluding carboxylic acids is 1. The van der Waals surface area contributed by atoms with Crippen molar-refractivity contribution in [2.45, 2.75) is 24.7 Å². The van der Waals surface area contributed by atoms with Gasteiger partial charge in [0, 0.05) is 32.9 Å². The Morgan fingerprint density at radius 1 is 1.21 bits per heavy atom. The predicted molar refractivity (Wildman–Crippen MR) is 95.7 cm³/mol. The van der Waals surface area contributed by atoms with E-state index in [1.165, 1.54) is 12.1 Å². The topological polar surface area (TPSA) is 50.6 Å². The van der Waals surface area contributed by atoms with Crippen molar-refractivity contribution in [3.05, 3.63) is 47.8 Å². The number of hydrogen-bond donors (Lipinski definition) is 0. The standard InChI is InChI=1S/C19H21F3N4O2/c1-24-11-13(10-23-24)26-7-6-16(18(26)27)25-8-9-28-17(12-25)14-4-2-3-5-15(14)19(20,21)22/h2-5,10-11,16-17H,6-9,12H2,1H3. The van der Waals surface area contributed by atoms with Crippen LogP contribution in [0.25, 0.3) is 0 Å². The summed E-state index contributed by atoms with van der Waals surface area (Å²) >= 11 is 0. The van der Waals surface area contributed by atoms with Gasteiger partial charge in [-0.2, -0.15) is 18.3 Å². The molecule has 28 heavy (non-hydrogen) atoms. The molecular weight excluding hydrogens is 373 g/mol. The smallest absolute Gasteiger partial charge is 0.371 e. The van der Waals surface area contributed by atoms with Crippen LogP contribution in [0.15, 0.2) is 36.7 Å². The van der Waals surface area contributed by atoms with Crippen LogP contribution in [0.3, 0.4) is 0 Å². The summed E-state index contributed by atoms with van der Waals surface area (Å²) in [6, 6.07) is 5.12. The van der Waals surface area contributed by atoms with Crippen LogP contribution in [-0.2, 0) is 22.8 Å². The Morgan fingerprint density at radius 2 is 2.00 bits per heavy atom. The Labute approximate surface area is 160 Å². The second-order valence-electron chi connectivity index (χ2n) is 7.11. The van der Waals surface area contributed by atoms with Gasteiger partial charge >= 0.3 is 6.18 Å². The van der Waals surface area contributed by atoms with Crippen molar-refractivity contribution in [1.82, 2.24) is 14.7 Å². The van der Waals surface area contributed by atoms with Gasteiger partial charge in [0.2, 0.25) is 5.91 Å². The summed E-state index contributed by atoms with van der Waals surface area (Å²) in [6.45, 7) is 1.62. The van der Waals surface area contributed by atoms with Crippen LogP contribution in [0.4, 0.5) is 18.9 Å². The average molecular weight is 394 g/mol. The largest absolute Gasteiger partial charge is 0.416 e. The van der Waals surface area contributed by atoms with Crippen LogP contribution in [-0.4, -0.2) is 52.9 Å². The summed E-state index contributed by atoms with van der Waals surface area (Å²) in [5.41, 5.74) is 0.174. The Kier molecular flexibility index (Phi) is 4.88. The fourth-order valence-corrected chi connectivity index (χ4v) is 3.98. The SMILES string of the molecule is Cn1cc(N2CCC(N3CCOC(c4ccccc4C(F)(F)F)C3)C2=O)cn1. The molecule has 3 heterocycles. The van der Waals surface area contributed by atoms with E-state index in [2.05, 4.69) is 5.10 Å². The maximum Gasteiger partial charge on any atom is 0.416 e. The summed E-state index contributed by atoms with van der Waals surface area (Å²) in [6.07, 6.45) is -1.11. The zero-order valence-electron chi connectivity index (χ0n) is 15.4. The van der Waals surface area contributed by atoms with E-state index in [9.17, 15) is 18.0 Å². The van der Waals surface area contributed by atoms with Crippen LogP contribution < -0.4 is 4.90 Å². The second kappa shape index (κ2) is 7.21. The molecule has 2 saturated heterocycles. The zero-order chi connectivity index (χ0) is 19.9. The molecule has 1 amide bonds. The van der Waals surface area contributed by atoms with Crippen LogP contribution >= 0.6 is 0 Å². The van der Waals surface area contributed by atoms with Crippen molar-refractivity contribution >= 4 is 11.6 Å². The summed E-state index contributed by atoms with van der Waals surface area (Å²) in [5.74, 6) is -0.0437. The van der Waals surface area contributed by atoms with Gasteiger partial charge in [-0.1, -0.05) is 18.2 Å². The van der Waals surface area contributed by atoms with Gasteiger partial charge in [-0.05, 0) is 18.1 Å². The van der Waals surface area contributed by atoms with Crippen molar-refractivity contribution in [3.8, 4) is 0 Å². The van der Waals surface area contributed by atoms with Crippen LogP contribution in [0, 0.1) is 0 Å². The van der Waals surface area contributed by atoms with Gasteiger partial charge in [0.05, 0.1) is 36.2 Å². The zero-order valence-corrected chi connectivity index (χ0v) is 15.4. The molecule has 2 fully saturated rings. The molecule has 2 aliphatic heterocycles. The molecule has 4 rings (SSSR count). The van der Waals surface area contributed by atoms with Crippen LogP contribution in [0.1, 0.15) is 23.7 Å². The third-order valence-electron chi connectivity index (χ3n) is 5.33. The number of amides is 1. The van der Waals surface area contributed by atoms with Gasteiger partial charge in [0.15, 0.2) is 0 Å². The molecule has 2 aromatic rings. The Balaban J connectivity index is 1.52. The molecule has 150 valence electrons. The van der Waals surface area contributed by atoms with E-state index in [1.807, 2.05) is 4.90 Å². The summed E-state index contributed by atoms with van der Waals surface area (Å²) in [4.78, 5) is 16.5. The molecule has 0 bridgehead atoms. The molecule has 0 radical (unpaired) electrons. The number of aryl methyl sites for hydroxylation is 1. The molecule has 0 N–H and O–H groups in total. The number of morpholine rings is 1. The highest BCUT2D eigenvalue weighted by atomic mass is 19.4. The summed E-state index contributed by atoms with van der Waals surface area (Å²) in [5, 5.41) is 4.10. The molecule has 6 nitrogen and oxygen atoms in total. The highest BCUT2D eigenvalue weighted by Gasteiger charge is 2.41.